The molecule has 2 aromatic rings. The van der Waals surface area contributed by atoms with Gasteiger partial charge in [-0.15, -0.1) is 0 Å². The summed E-state index contributed by atoms with van der Waals surface area (Å²) < 4.78 is 26.0. The molecular formula is C12H9ClF2N2. The van der Waals surface area contributed by atoms with Gasteiger partial charge in [0.25, 0.3) is 0 Å². The maximum atomic E-state index is 13.3. The van der Waals surface area contributed by atoms with E-state index in [1.165, 1.54) is 18.3 Å². The minimum absolute atomic E-state index is 0.237. The van der Waals surface area contributed by atoms with E-state index in [0.717, 1.165) is 6.07 Å². The van der Waals surface area contributed by atoms with Crippen LogP contribution < -0.4 is 5.32 Å². The highest BCUT2D eigenvalue weighted by Crippen LogP contribution is 2.13. The molecule has 0 radical (unpaired) electrons. The van der Waals surface area contributed by atoms with Crippen molar-refractivity contribution < 1.29 is 8.78 Å². The Morgan fingerprint density at radius 3 is 2.65 bits per heavy atom. The molecule has 1 aromatic heterocycles. The van der Waals surface area contributed by atoms with Crippen LogP contribution in [-0.4, -0.2) is 4.98 Å². The summed E-state index contributed by atoms with van der Waals surface area (Å²) in [5.41, 5.74) is 0.378. The van der Waals surface area contributed by atoms with Crippen LogP contribution in [-0.2, 0) is 6.54 Å². The van der Waals surface area contributed by atoms with Gasteiger partial charge in [0, 0.05) is 24.4 Å². The predicted molar refractivity (Wildman–Crippen MR) is 62.9 cm³/mol. The molecule has 0 amide bonds. The van der Waals surface area contributed by atoms with Crippen LogP contribution in [0.15, 0.2) is 36.5 Å². The maximum Gasteiger partial charge on any atom is 0.131 e. The largest absolute Gasteiger partial charge is 0.366 e. The van der Waals surface area contributed by atoms with Crippen molar-refractivity contribution in [3.05, 3.63) is 58.7 Å². The van der Waals surface area contributed by atoms with Crippen LogP contribution >= 0.6 is 11.6 Å². The Labute approximate surface area is 102 Å². The topological polar surface area (TPSA) is 24.9 Å². The Morgan fingerprint density at radius 1 is 1.18 bits per heavy atom. The molecule has 2 nitrogen and oxygen atoms in total. The van der Waals surface area contributed by atoms with Gasteiger partial charge in [-0.05, 0) is 18.2 Å². The van der Waals surface area contributed by atoms with E-state index in [0.29, 0.717) is 16.4 Å². The zero-order valence-corrected chi connectivity index (χ0v) is 9.51. The second-order valence-corrected chi connectivity index (χ2v) is 3.89. The molecule has 0 aliphatic carbocycles. The number of aromatic nitrogens is 1. The highest BCUT2D eigenvalue weighted by Gasteiger charge is 2.03. The van der Waals surface area contributed by atoms with Crippen molar-refractivity contribution in [2.45, 2.75) is 6.54 Å². The van der Waals surface area contributed by atoms with Gasteiger partial charge in [-0.1, -0.05) is 17.7 Å². The van der Waals surface area contributed by atoms with Gasteiger partial charge in [-0.25, -0.2) is 13.8 Å². The average molecular weight is 255 g/mol. The van der Waals surface area contributed by atoms with Crippen molar-refractivity contribution in [1.82, 2.24) is 4.98 Å². The van der Waals surface area contributed by atoms with Gasteiger partial charge in [-0.3, -0.25) is 0 Å². The molecule has 1 heterocycles. The highest BCUT2D eigenvalue weighted by atomic mass is 35.5. The van der Waals surface area contributed by atoms with Crippen LogP contribution in [0.3, 0.4) is 0 Å². The van der Waals surface area contributed by atoms with E-state index < -0.39 is 11.6 Å². The number of nitrogens with zero attached hydrogens (tertiary/aromatic N) is 1. The van der Waals surface area contributed by atoms with E-state index in [-0.39, 0.29) is 6.54 Å². The third-order valence-corrected chi connectivity index (χ3v) is 2.43. The first kappa shape index (κ1) is 11.8. The summed E-state index contributed by atoms with van der Waals surface area (Å²) >= 11 is 5.68. The number of benzene rings is 1. The SMILES string of the molecule is Fc1ccc(CNc2ccc(Cl)cn2)c(F)c1. The average Bonchev–Trinajstić information content (AvgIpc) is 2.30. The third-order valence-electron chi connectivity index (χ3n) is 2.20. The number of rotatable bonds is 3. The molecule has 0 saturated carbocycles. The van der Waals surface area contributed by atoms with E-state index in [1.807, 2.05) is 0 Å². The molecule has 17 heavy (non-hydrogen) atoms. The molecule has 1 aromatic carbocycles. The first-order chi connectivity index (χ1) is 8.15. The Hall–Kier alpha value is -1.68. The standard InChI is InChI=1S/C12H9ClF2N2/c13-9-2-4-12(17-7-9)16-6-8-1-3-10(14)5-11(8)15/h1-5,7H,6H2,(H,16,17). The van der Waals surface area contributed by atoms with Crippen molar-refractivity contribution in [2.24, 2.45) is 0 Å². The van der Waals surface area contributed by atoms with E-state index in [1.54, 1.807) is 12.1 Å². The molecule has 0 atom stereocenters. The Bertz CT molecular complexity index is 514. The van der Waals surface area contributed by atoms with E-state index in [2.05, 4.69) is 10.3 Å². The second kappa shape index (κ2) is 5.10. The lowest BCUT2D eigenvalue weighted by Crippen LogP contribution is -2.03. The van der Waals surface area contributed by atoms with Gasteiger partial charge in [0.15, 0.2) is 0 Å². The molecule has 0 spiro atoms. The molecule has 0 saturated heterocycles. The van der Waals surface area contributed by atoms with Crippen LogP contribution in [0.4, 0.5) is 14.6 Å². The number of hydrogen-bond donors (Lipinski definition) is 1. The fraction of sp³-hybridized carbons (Fsp3) is 0.0833. The maximum absolute atomic E-state index is 13.3. The Balaban J connectivity index is 2.04. The van der Waals surface area contributed by atoms with Crippen molar-refractivity contribution in [3.8, 4) is 0 Å². The summed E-state index contributed by atoms with van der Waals surface area (Å²) in [7, 11) is 0. The van der Waals surface area contributed by atoms with E-state index >= 15 is 0 Å². The molecule has 0 aliphatic heterocycles. The van der Waals surface area contributed by atoms with Gasteiger partial charge in [0.05, 0.1) is 5.02 Å². The van der Waals surface area contributed by atoms with Gasteiger partial charge in [0.1, 0.15) is 17.5 Å². The van der Waals surface area contributed by atoms with Crippen LogP contribution in [0.25, 0.3) is 0 Å². The monoisotopic (exact) mass is 254 g/mol. The molecule has 0 bridgehead atoms. The van der Waals surface area contributed by atoms with Crippen molar-refractivity contribution in [3.63, 3.8) is 0 Å². The van der Waals surface area contributed by atoms with E-state index in [4.69, 9.17) is 11.6 Å². The summed E-state index contributed by atoms with van der Waals surface area (Å²) in [6.45, 7) is 0.237. The summed E-state index contributed by atoms with van der Waals surface area (Å²) in [5, 5.41) is 3.45. The minimum atomic E-state index is -0.587. The van der Waals surface area contributed by atoms with Crippen LogP contribution in [0, 0.1) is 11.6 Å². The summed E-state index contributed by atoms with van der Waals surface area (Å²) in [4.78, 5) is 4.00. The van der Waals surface area contributed by atoms with Crippen LogP contribution in [0.2, 0.25) is 5.02 Å². The van der Waals surface area contributed by atoms with Crippen molar-refractivity contribution in [1.29, 1.82) is 0 Å². The van der Waals surface area contributed by atoms with Gasteiger partial charge in [0.2, 0.25) is 0 Å². The molecule has 0 aliphatic rings. The smallest absolute Gasteiger partial charge is 0.131 e. The molecular weight excluding hydrogens is 246 g/mol. The number of hydrogen-bond acceptors (Lipinski definition) is 2. The Morgan fingerprint density at radius 2 is 2.00 bits per heavy atom. The summed E-state index contributed by atoms with van der Waals surface area (Å²) in [6, 6.07) is 6.83. The normalized spacial score (nSPS) is 10.3. The number of pyridine rings is 1. The fourth-order valence-corrected chi connectivity index (χ4v) is 1.44. The summed E-state index contributed by atoms with van der Waals surface area (Å²) in [5.74, 6) is -0.583. The van der Waals surface area contributed by atoms with Crippen LogP contribution in [0.5, 0.6) is 0 Å². The molecule has 0 fully saturated rings. The number of halogens is 3. The zero-order chi connectivity index (χ0) is 12.3. The minimum Gasteiger partial charge on any atom is -0.366 e. The number of nitrogens with one attached hydrogen (secondary N) is 1. The predicted octanol–water partition coefficient (Wildman–Crippen LogP) is 3.63. The Kier molecular flexibility index (Phi) is 3.54. The number of anilines is 1. The molecule has 88 valence electrons. The zero-order valence-electron chi connectivity index (χ0n) is 8.75. The molecule has 5 heteroatoms. The molecule has 1 N–H and O–H groups in total. The third kappa shape index (κ3) is 3.14. The highest BCUT2D eigenvalue weighted by molar-refractivity contribution is 6.30. The summed E-state index contributed by atoms with van der Waals surface area (Å²) in [6.07, 6.45) is 1.49. The van der Waals surface area contributed by atoms with Gasteiger partial charge < -0.3 is 5.32 Å². The molecule has 2 rings (SSSR count). The van der Waals surface area contributed by atoms with Gasteiger partial charge in [-0.2, -0.15) is 0 Å². The van der Waals surface area contributed by atoms with Crippen molar-refractivity contribution in [2.75, 3.05) is 5.32 Å². The lowest BCUT2D eigenvalue weighted by Gasteiger charge is -2.06. The van der Waals surface area contributed by atoms with Crippen molar-refractivity contribution >= 4 is 17.4 Å². The lowest BCUT2D eigenvalue weighted by atomic mass is 10.2. The first-order valence-electron chi connectivity index (χ1n) is 4.94. The van der Waals surface area contributed by atoms with Crippen LogP contribution in [0.1, 0.15) is 5.56 Å². The first-order valence-corrected chi connectivity index (χ1v) is 5.32. The van der Waals surface area contributed by atoms with E-state index in [9.17, 15) is 8.78 Å². The quantitative estimate of drug-likeness (QED) is 0.905. The fourth-order valence-electron chi connectivity index (χ4n) is 1.33. The lowest BCUT2D eigenvalue weighted by molar-refractivity contribution is 0.574. The molecule has 0 unspecified atom stereocenters. The second-order valence-electron chi connectivity index (χ2n) is 3.45. The van der Waals surface area contributed by atoms with Gasteiger partial charge >= 0.3 is 0 Å².